The van der Waals surface area contributed by atoms with Crippen molar-refractivity contribution in [3.63, 3.8) is 0 Å². The lowest BCUT2D eigenvalue weighted by molar-refractivity contribution is 0.474. The Bertz CT molecular complexity index is 778. The second-order valence-electron chi connectivity index (χ2n) is 5.13. The van der Waals surface area contributed by atoms with Crippen molar-refractivity contribution in [2.24, 2.45) is 5.10 Å². The standard InChI is InChI=1S/C16H16N4O2/c1-9-5-12(8-13(21)6-9)20-10(2)18-19-16(20)14-4-3-11(17)7-15(14)22/h3-8,18,21-22H,2,17H2,1H3. The van der Waals surface area contributed by atoms with Crippen molar-refractivity contribution < 1.29 is 10.2 Å². The zero-order valence-electron chi connectivity index (χ0n) is 12.0. The minimum Gasteiger partial charge on any atom is -0.508 e. The molecule has 0 aromatic heterocycles. The van der Waals surface area contributed by atoms with Crippen LogP contribution in [0, 0.1) is 6.92 Å². The third kappa shape index (κ3) is 2.31. The number of benzene rings is 2. The number of nitrogen functional groups attached to an aromatic ring is 1. The fourth-order valence-electron chi connectivity index (χ4n) is 2.41. The number of aromatic hydroxyl groups is 2. The molecule has 3 rings (SSSR count). The van der Waals surface area contributed by atoms with Crippen LogP contribution >= 0.6 is 0 Å². The first-order valence-electron chi connectivity index (χ1n) is 6.68. The molecule has 2 aromatic rings. The largest absolute Gasteiger partial charge is 0.508 e. The lowest BCUT2D eigenvalue weighted by Crippen LogP contribution is -2.27. The van der Waals surface area contributed by atoms with Crippen LogP contribution in [0.2, 0.25) is 0 Å². The number of nitrogens with zero attached hydrogens (tertiary/aromatic N) is 2. The summed E-state index contributed by atoms with van der Waals surface area (Å²) in [4.78, 5) is 1.72. The van der Waals surface area contributed by atoms with Crippen LogP contribution in [0.1, 0.15) is 11.1 Å². The molecular weight excluding hydrogens is 280 g/mol. The van der Waals surface area contributed by atoms with Gasteiger partial charge in [0.05, 0.1) is 11.3 Å². The number of hydrogen-bond acceptors (Lipinski definition) is 6. The molecule has 0 unspecified atom stereocenters. The monoisotopic (exact) mass is 296 g/mol. The number of aryl methyl sites for hydroxylation is 1. The number of phenolic OH excluding ortho intramolecular Hbond substituents is 2. The van der Waals surface area contributed by atoms with Crippen molar-refractivity contribution in [2.75, 3.05) is 10.6 Å². The molecule has 6 nitrogen and oxygen atoms in total. The van der Waals surface area contributed by atoms with Gasteiger partial charge in [-0.2, -0.15) is 5.10 Å². The van der Waals surface area contributed by atoms with Crippen LogP contribution in [0.4, 0.5) is 11.4 Å². The third-order valence-corrected chi connectivity index (χ3v) is 3.34. The molecule has 0 saturated carbocycles. The summed E-state index contributed by atoms with van der Waals surface area (Å²) in [7, 11) is 0. The predicted molar refractivity (Wildman–Crippen MR) is 86.7 cm³/mol. The van der Waals surface area contributed by atoms with Gasteiger partial charge >= 0.3 is 0 Å². The Morgan fingerprint density at radius 3 is 2.64 bits per heavy atom. The van der Waals surface area contributed by atoms with Gasteiger partial charge in [-0.15, -0.1) is 0 Å². The number of nitrogens with two attached hydrogens (primary N) is 1. The number of anilines is 2. The van der Waals surface area contributed by atoms with E-state index in [1.165, 1.54) is 6.07 Å². The molecule has 112 valence electrons. The molecule has 5 N–H and O–H groups in total. The Labute approximate surface area is 127 Å². The third-order valence-electron chi connectivity index (χ3n) is 3.34. The van der Waals surface area contributed by atoms with Crippen LogP contribution in [-0.2, 0) is 0 Å². The maximum absolute atomic E-state index is 10.1. The quantitative estimate of drug-likeness (QED) is 0.638. The lowest BCUT2D eigenvalue weighted by atomic mass is 10.1. The smallest absolute Gasteiger partial charge is 0.170 e. The Morgan fingerprint density at radius 2 is 1.95 bits per heavy atom. The van der Waals surface area contributed by atoms with Crippen molar-refractivity contribution in [2.45, 2.75) is 6.92 Å². The lowest BCUT2D eigenvalue weighted by Gasteiger charge is -2.21. The summed E-state index contributed by atoms with van der Waals surface area (Å²) >= 11 is 0. The van der Waals surface area contributed by atoms with Crippen LogP contribution < -0.4 is 16.1 Å². The molecule has 0 spiro atoms. The second kappa shape index (κ2) is 5.00. The normalized spacial score (nSPS) is 14.0. The number of amidine groups is 1. The van der Waals surface area contributed by atoms with E-state index in [-0.39, 0.29) is 11.5 Å². The molecule has 0 saturated heterocycles. The van der Waals surface area contributed by atoms with E-state index in [9.17, 15) is 10.2 Å². The molecule has 0 fully saturated rings. The second-order valence-corrected chi connectivity index (χ2v) is 5.13. The summed E-state index contributed by atoms with van der Waals surface area (Å²) in [5.74, 6) is 1.18. The maximum Gasteiger partial charge on any atom is 0.170 e. The van der Waals surface area contributed by atoms with Gasteiger partial charge in [-0.1, -0.05) is 6.58 Å². The van der Waals surface area contributed by atoms with Crippen molar-refractivity contribution in [1.29, 1.82) is 0 Å². The SMILES string of the molecule is C=C1NN=C(c2ccc(N)cc2O)N1c1cc(C)cc(O)c1. The van der Waals surface area contributed by atoms with E-state index >= 15 is 0 Å². The van der Waals surface area contributed by atoms with Gasteiger partial charge in [0.1, 0.15) is 17.3 Å². The summed E-state index contributed by atoms with van der Waals surface area (Å²) in [6.07, 6.45) is 0. The Kier molecular flexibility index (Phi) is 3.14. The van der Waals surface area contributed by atoms with Crippen molar-refractivity contribution >= 4 is 17.2 Å². The number of hydrogen-bond donors (Lipinski definition) is 4. The summed E-state index contributed by atoms with van der Waals surface area (Å²) < 4.78 is 0. The molecular formula is C16H16N4O2. The van der Waals surface area contributed by atoms with Gasteiger partial charge in [-0.05, 0) is 36.8 Å². The van der Waals surface area contributed by atoms with E-state index < -0.39 is 0 Å². The van der Waals surface area contributed by atoms with Crippen molar-refractivity contribution in [1.82, 2.24) is 5.43 Å². The minimum atomic E-state index is 0.0251. The van der Waals surface area contributed by atoms with Crippen molar-refractivity contribution in [3.05, 3.63) is 59.9 Å². The van der Waals surface area contributed by atoms with Gasteiger partial charge in [-0.25, -0.2) is 0 Å². The molecule has 22 heavy (non-hydrogen) atoms. The zero-order chi connectivity index (χ0) is 15.9. The molecule has 1 heterocycles. The fraction of sp³-hybridized carbons (Fsp3) is 0.0625. The Hall–Kier alpha value is -3.15. The van der Waals surface area contributed by atoms with Gasteiger partial charge in [0.2, 0.25) is 0 Å². The van der Waals surface area contributed by atoms with E-state index in [0.29, 0.717) is 28.6 Å². The van der Waals surface area contributed by atoms with E-state index in [0.717, 1.165) is 5.56 Å². The summed E-state index contributed by atoms with van der Waals surface area (Å²) in [5.41, 5.74) is 11.0. The topological polar surface area (TPSA) is 94.1 Å². The highest BCUT2D eigenvalue weighted by atomic mass is 16.3. The zero-order valence-corrected chi connectivity index (χ0v) is 12.0. The van der Waals surface area contributed by atoms with Crippen LogP contribution in [-0.4, -0.2) is 16.0 Å². The summed E-state index contributed by atoms with van der Waals surface area (Å²) in [5, 5.41) is 24.1. The molecule has 2 aromatic carbocycles. The van der Waals surface area contributed by atoms with Gasteiger partial charge < -0.3 is 15.9 Å². The number of rotatable bonds is 2. The van der Waals surface area contributed by atoms with Gasteiger partial charge in [0.25, 0.3) is 0 Å². The molecule has 0 amide bonds. The van der Waals surface area contributed by atoms with E-state index in [2.05, 4.69) is 17.1 Å². The average Bonchev–Trinajstić information content (AvgIpc) is 2.79. The summed E-state index contributed by atoms with van der Waals surface area (Å²) in [6, 6.07) is 9.99. The summed E-state index contributed by atoms with van der Waals surface area (Å²) in [6.45, 7) is 5.79. The van der Waals surface area contributed by atoms with Crippen LogP contribution in [0.3, 0.4) is 0 Å². The molecule has 0 atom stereocenters. The average molecular weight is 296 g/mol. The highest BCUT2D eigenvalue weighted by molar-refractivity contribution is 6.14. The number of nitrogens with one attached hydrogen (secondary N) is 1. The van der Waals surface area contributed by atoms with E-state index in [4.69, 9.17) is 5.73 Å². The molecule has 0 aliphatic carbocycles. The van der Waals surface area contributed by atoms with Gasteiger partial charge in [-0.3, -0.25) is 10.3 Å². The van der Waals surface area contributed by atoms with E-state index in [1.54, 1.807) is 29.2 Å². The first-order chi connectivity index (χ1) is 10.5. The molecule has 0 radical (unpaired) electrons. The highest BCUT2D eigenvalue weighted by Gasteiger charge is 2.26. The predicted octanol–water partition coefficient (Wildman–Crippen LogP) is 2.23. The highest BCUT2D eigenvalue weighted by Crippen LogP contribution is 2.31. The van der Waals surface area contributed by atoms with Gasteiger partial charge in [0.15, 0.2) is 5.84 Å². The molecule has 6 heteroatoms. The molecule has 0 bridgehead atoms. The fourth-order valence-corrected chi connectivity index (χ4v) is 2.41. The van der Waals surface area contributed by atoms with E-state index in [1.807, 2.05) is 13.0 Å². The number of hydrazone groups is 1. The Morgan fingerprint density at radius 1 is 1.18 bits per heavy atom. The van der Waals surface area contributed by atoms with Gasteiger partial charge in [0, 0.05) is 17.8 Å². The first kappa shape index (κ1) is 13.8. The minimum absolute atomic E-state index is 0.0251. The van der Waals surface area contributed by atoms with Crippen LogP contribution in [0.25, 0.3) is 0 Å². The van der Waals surface area contributed by atoms with Crippen LogP contribution in [0.5, 0.6) is 11.5 Å². The molecule has 1 aliphatic heterocycles. The Balaban J connectivity index is 2.09. The maximum atomic E-state index is 10.1. The number of phenols is 2. The molecule has 1 aliphatic rings. The van der Waals surface area contributed by atoms with Crippen LogP contribution in [0.15, 0.2) is 53.9 Å². The van der Waals surface area contributed by atoms with Crippen molar-refractivity contribution in [3.8, 4) is 11.5 Å². The first-order valence-corrected chi connectivity index (χ1v) is 6.68.